The third-order valence-corrected chi connectivity index (χ3v) is 6.80. The Morgan fingerprint density at radius 2 is 1.55 bits per heavy atom. The summed E-state index contributed by atoms with van der Waals surface area (Å²) in [5.41, 5.74) is 4.12. The molecule has 0 radical (unpaired) electrons. The molecular formula is C27H27BO3. The Labute approximate surface area is 183 Å². The van der Waals surface area contributed by atoms with E-state index in [1.54, 1.807) is 0 Å². The summed E-state index contributed by atoms with van der Waals surface area (Å²) < 4.78 is 19.0. The van der Waals surface area contributed by atoms with E-state index in [0.29, 0.717) is 0 Å². The van der Waals surface area contributed by atoms with Crippen molar-refractivity contribution in [2.24, 2.45) is 0 Å². The van der Waals surface area contributed by atoms with Crippen LogP contribution in [-0.2, 0) is 9.31 Å². The van der Waals surface area contributed by atoms with Crippen LogP contribution in [0.3, 0.4) is 0 Å². The van der Waals surface area contributed by atoms with Crippen LogP contribution in [-0.4, -0.2) is 18.3 Å². The minimum absolute atomic E-state index is 0.379. The first-order valence-corrected chi connectivity index (χ1v) is 10.8. The topological polar surface area (TPSA) is 31.6 Å². The van der Waals surface area contributed by atoms with Gasteiger partial charge in [0.15, 0.2) is 0 Å². The van der Waals surface area contributed by atoms with Crippen molar-refractivity contribution in [1.82, 2.24) is 0 Å². The first kappa shape index (κ1) is 20.1. The summed E-state index contributed by atoms with van der Waals surface area (Å²) in [6.07, 6.45) is 6.06. The van der Waals surface area contributed by atoms with Crippen molar-refractivity contribution in [3.05, 3.63) is 66.2 Å². The van der Waals surface area contributed by atoms with E-state index in [4.69, 9.17) is 13.7 Å². The highest BCUT2D eigenvalue weighted by Gasteiger charge is 2.51. The van der Waals surface area contributed by atoms with E-state index in [-0.39, 0.29) is 11.2 Å². The first-order valence-electron chi connectivity index (χ1n) is 10.8. The molecule has 1 aliphatic rings. The monoisotopic (exact) mass is 410 g/mol. The van der Waals surface area contributed by atoms with Crippen molar-refractivity contribution in [2.45, 2.75) is 45.8 Å². The van der Waals surface area contributed by atoms with E-state index in [9.17, 15) is 0 Å². The average Bonchev–Trinajstić information content (AvgIpc) is 3.22. The van der Waals surface area contributed by atoms with Gasteiger partial charge < -0.3 is 13.7 Å². The van der Waals surface area contributed by atoms with Gasteiger partial charge in [0.05, 0.1) is 11.2 Å². The highest BCUT2D eigenvalue weighted by Crippen LogP contribution is 2.41. The maximum Gasteiger partial charge on any atom is 0.494 e. The lowest BCUT2D eigenvalue weighted by Crippen LogP contribution is -2.41. The normalized spacial score (nSPS) is 18.0. The number of hydrogen-bond donors (Lipinski definition) is 0. The van der Waals surface area contributed by atoms with Crippen LogP contribution in [0.15, 0.2) is 59.5 Å². The van der Waals surface area contributed by atoms with E-state index >= 15 is 0 Å². The van der Waals surface area contributed by atoms with Gasteiger partial charge in [0.25, 0.3) is 0 Å². The number of furan rings is 1. The van der Waals surface area contributed by atoms with Gasteiger partial charge >= 0.3 is 7.12 Å². The second kappa shape index (κ2) is 6.84. The second-order valence-corrected chi connectivity index (χ2v) is 9.23. The lowest BCUT2D eigenvalue weighted by atomic mass is 9.78. The number of allylic oxidation sites excluding steroid dienone is 1. The minimum atomic E-state index is -0.409. The maximum absolute atomic E-state index is 6.41. The van der Waals surface area contributed by atoms with E-state index in [0.717, 1.165) is 43.9 Å². The summed E-state index contributed by atoms with van der Waals surface area (Å²) in [6.45, 7) is 14.4. The molecule has 0 saturated carbocycles. The molecule has 0 bridgehead atoms. The van der Waals surface area contributed by atoms with Gasteiger partial charge in [-0.1, -0.05) is 61.2 Å². The SMILES string of the molecule is C=Cc1c(/C=C\C)c2oc3ccc(B4OC(C)(C)C(C)(C)O4)cc3c2c2ccccc12. The highest BCUT2D eigenvalue weighted by atomic mass is 16.7. The Hall–Kier alpha value is -2.82. The second-order valence-electron chi connectivity index (χ2n) is 9.23. The molecule has 1 fully saturated rings. The van der Waals surface area contributed by atoms with Gasteiger partial charge in [-0.25, -0.2) is 0 Å². The quantitative estimate of drug-likeness (QED) is 0.352. The molecule has 3 aromatic carbocycles. The first-order chi connectivity index (χ1) is 14.8. The molecule has 3 nitrogen and oxygen atoms in total. The third-order valence-electron chi connectivity index (χ3n) is 6.80. The molecule has 1 saturated heterocycles. The Bertz CT molecular complexity index is 1360. The molecule has 31 heavy (non-hydrogen) atoms. The van der Waals surface area contributed by atoms with Crippen molar-refractivity contribution in [1.29, 1.82) is 0 Å². The largest absolute Gasteiger partial charge is 0.494 e. The van der Waals surface area contributed by atoms with Crippen LogP contribution in [0, 0.1) is 0 Å². The Morgan fingerprint density at radius 3 is 2.19 bits per heavy atom. The van der Waals surface area contributed by atoms with Gasteiger partial charge in [0, 0.05) is 16.3 Å². The molecule has 156 valence electrons. The van der Waals surface area contributed by atoms with Crippen LogP contribution in [0.5, 0.6) is 0 Å². The van der Waals surface area contributed by atoms with Crippen molar-refractivity contribution in [3.63, 3.8) is 0 Å². The molecule has 1 aromatic heterocycles. The van der Waals surface area contributed by atoms with Crippen LogP contribution in [0.2, 0.25) is 0 Å². The molecule has 0 N–H and O–H groups in total. The van der Waals surface area contributed by atoms with Crippen LogP contribution >= 0.6 is 0 Å². The summed E-state index contributed by atoms with van der Waals surface area (Å²) in [5, 5.41) is 4.51. The lowest BCUT2D eigenvalue weighted by Gasteiger charge is -2.32. The van der Waals surface area contributed by atoms with Gasteiger partial charge in [-0.2, -0.15) is 0 Å². The van der Waals surface area contributed by atoms with Gasteiger partial charge in [-0.05, 0) is 62.5 Å². The van der Waals surface area contributed by atoms with E-state index < -0.39 is 7.12 Å². The average molecular weight is 410 g/mol. The molecule has 0 aliphatic carbocycles. The Morgan fingerprint density at radius 1 is 0.871 bits per heavy atom. The molecular weight excluding hydrogens is 383 g/mol. The molecule has 2 heterocycles. The zero-order valence-electron chi connectivity index (χ0n) is 18.8. The smallest absolute Gasteiger partial charge is 0.455 e. The number of hydrogen-bond acceptors (Lipinski definition) is 3. The number of benzene rings is 3. The summed E-state index contributed by atoms with van der Waals surface area (Å²) in [6, 6.07) is 14.7. The summed E-state index contributed by atoms with van der Waals surface area (Å²) in [7, 11) is -0.409. The summed E-state index contributed by atoms with van der Waals surface area (Å²) >= 11 is 0. The third kappa shape index (κ3) is 2.89. The minimum Gasteiger partial charge on any atom is -0.455 e. The van der Waals surface area contributed by atoms with Crippen LogP contribution < -0.4 is 5.46 Å². The van der Waals surface area contributed by atoms with Gasteiger partial charge in [0.2, 0.25) is 0 Å². The summed E-state index contributed by atoms with van der Waals surface area (Å²) in [4.78, 5) is 0. The summed E-state index contributed by atoms with van der Waals surface area (Å²) in [5.74, 6) is 0. The molecule has 1 aliphatic heterocycles. The van der Waals surface area contributed by atoms with Gasteiger partial charge in [-0.3, -0.25) is 0 Å². The van der Waals surface area contributed by atoms with E-state index in [2.05, 4.69) is 70.7 Å². The van der Waals surface area contributed by atoms with E-state index in [1.807, 2.05) is 31.2 Å². The fraction of sp³-hybridized carbons (Fsp3) is 0.259. The van der Waals surface area contributed by atoms with Crippen molar-refractivity contribution in [3.8, 4) is 0 Å². The molecule has 0 unspecified atom stereocenters. The molecule has 5 rings (SSSR count). The molecule has 0 amide bonds. The fourth-order valence-electron chi connectivity index (χ4n) is 4.45. The van der Waals surface area contributed by atoms with Crippen LogP contribution in [0.4, 0.5) is 0 Å². The van der Waals surface area contributed by atoms with E-state index in [1.165, 1.54) is 5.39 Å². The zero-order valence-corrected chi connectivity index (χ0v) is 18.8. The maximum atomic E-state index is 6.41. The standard InChI is InChI=1S/C27H27BO3/c1-7-11-21-18(8-2)19-12-9-10-13-20(19)24-22-16-17(14-15-23(22)29-25(21)24)28-30-26(3,4)27(5,6)31-28/h7-16H,2H2,1,3-6H3/b11-7-. The molecule has 0 atom stereocenters. The molecule has 4 aromatic rings. The number of fused-ring (bicyclic) bond motifs is 5. The molecule has 0 spiro atoms. The van der Waals surface area contributed by atoms with Crippen molar-refractivity contribution in [2.75, 3.05) is 0 Å². The zero-order chi connectivity index (χ0) is 22.0. The van der Waals surface area contributed by atoms with Crippen molar-refractivity contribution >= 4 is 57.4 Å². The van der Waals surface area contributed by atoms with Gasteiger partial charge in [-0.15, -0.1) is 0 Å². The van der Waals surface area contributed by atoms with Crippen LogP contribution in [0.1, 0.15) is 45.7 Å². The predicted molar refractivity (Wildman–Crippen MR) is 132 cm³/mol. The highest BCUT2D eigenvalue weighted by molar-refractivity contribution is 6.62. The lowest BCUT2D eigenvalue weighted by molar-refractivity contribution is 0.00578. The number of rotatable bonds is 3. The Balaban J connectivity index is 1.82. The predicted octanol–water partition coefficient (Wildman–Crippen LogP) is 6.71. The van der Waals surface area contributed by atoms with Crippen molar-refractivity contribution < 1.29 is 13.7 Å². The molecule has 4 heteroatoms. The van der Waals surface area contributed by atoms with Gasteiger partial charge in [0.1, 0.15) is 11.2 Å². The fourth-order valence-corrected chi connectivity index (χ4v) is 4.45. The Kier molecular flexibility index (Phi) is 4.44. The van der Waals surface area contributed by atoms with Crippen LogP contribution in [0.25, 0.3) is 44.9 Å².